The van der Waals surface area contributed by atoms with Gasteiger partial charge in [-0.15, -0.1) is 0 Å². The quantitative estimate of drug-likeness (QED) is 0.880. The first-order chi connectivity index (χ1) is 7.72. The van der Waals surface area contributed by atoms with Gasteiger partial charge in [-0.05, 0) is 17.7 Å². The topological polar surface area (TPSA) is 56.7 Å². The van der Waals surface area contributed by atoms with Crippen molar-refractivity contribution in [1.82, 2.24) is 14.8 Å². The summed E-state index contributed by atoms with van der Waals surface area (Å²) in [5, 5.41) is 4.76. The molecule has 0 aliphatic heterocycles. The predicted octanol–water partition coefficient (Wildman–Crippen LogP) is 1.56. The van der Waals surface area contributed by atoms with E-state index in [1.165, 1.54) is 6.33 Å². The molecule has 0 radical (unpaired) electrons. The number of nitrogens with zero attached hydrogens (tertiary/aromatic N) is 3. The number of benzene rings is 1. The first kappa shape index (κ1) is 11.1. The van der Waals surface area contributed by atoms with Crippen LogP contribution in [0.1, 0.15) is 17.3 Å². The lowest BCUT2D eigenvalue weighted by atomic mass is 9.98. The minimum Gasteiger partial charge on any atom is -0.329 e. The third-order valence-electron chi connectivity index (χ3n) is 2.54. The van der Waals surface area contributed by atoms with Gasteiger partial charge in [-0.1, -0.05) is 23.7 Å². The second-order valence-electron chi connectivity index (χ2n) is 3.59. The summed E-state index contributed by atoms with van der Waals surface area (Å²) in [5.41, 5.74) is 6.85. The lowest BCUT2D eigenvalue weighted by molar-refractivity contribution is 0.649. The third kappa shape index (κ3) is 2.08. The molecule has 0 spiro atoms. The molecule has 4 nitrogen and oxygen atoms in total. The molecule has 1 aromatic carbocycles. The van der Waals surface area contributed by atoms with Gasteiger partial charge in [0.2, 0.25) is 0 Å². The summed E-state index contributed by atoms with van der Waals surface area (Å²) in [7, 11) is 1.86. The zero-order valence-corrected chi connectivity index (χ0v) is 9.72. The van der Waals surface area contributed by atoms with Crippen molar-refractivity contribution in [2.75, 3.05) is 6.54 Å². The summed E-state index contributed by atoms with van der Waals surface area (Å²) in [6, 6.07) is 7.66. The van der Waals surface area contributed by atoms with Crippen LogP contribution in [0, 0.1) is 0 Å². The van der Waals surface area contributed by atoms with E-state index in [1.54, 1.807) is 4.68 Å². The smallest absolute Gasteiger partial charge is 0.138 e. The molecule has 2 N–H and O–H groups in total. The Morgan fingerprint density at radius 3 is 2.88 bits per heavy atom. The van der Waals surface area contributed by atoms with Crippen molar-refractivity contribution in [2.24, 2.45) is 12.8 Å². The van der Waals surface area contributed by atoms with Crippen molar-refractivity contribution in [1.29, 1.82) is 0 Å². The maximum Gasteiger partial charge on any atom is 0.138 e. The van der Waals surface area contributed by atoms with Crippen LogP contribution in [0.4, 0.5) is 0 Å². The van der Waals surface area contributed by atoms with Gasteiger partial charge in [0.15, 0.2) is 0 Å². The highest BCUT2D eigenvalue weighted by Crippen LogP contribution is 2.23. The van der Waals surface area contributed by atoms with E-state index in [0.717, 1.165) is 11.4 Å². The van der Waals surface area contributed by atoms with E-state index in [0.29, 0.717) is 11.6 Å². The first-order valence-corrected chi connectivity index (χ1v) is 5.39. The maximum absolute atomic E-state index is 5.96. The molecule has 1 aromatic heterocycles. The highest BCUT2D eigenvalue weighted by molar-refractivity contribution is 6.30. The van der Waals surface area contributed by atoms with Gasteiger partial charge in [0.05, 0.1) is 5.92 Å². The van der Waals surface area contributed by atoms with Gasteiger partial charge in [0.1, 0.15) is 12.2 Å². The summed E-state index contributed by atoms with van der Waals surface area (Å²) >= 11 is 5.96. The van der Waals surface area contributed by atoms with E-state index in [2.05, 4.69) is 10.1 Å². The van der Waals surface area contributed by atoms with Gasteiger partial charge < -0.3 is 5.73 Å². The van der Waals surface area contributed by atoms with Crippen LogP contribution in [0.2, 0.25) is 5.02 Å². The van der Waals surface area contributed by atoms with Gasteiger partial charge in [0.25, 0.3) is 0 Å². The van der Waals surface area contributed by atoms with E-state index < -0.39 is 0 Å². The number of rotatable bonds is 3. The lowest BCUT2D eigenvalue weighted by Gasteiger charge is -2.14. The molecule has 84 valence electrons. The highest BCUT2D eigenvalue weighted by Gasteiger charge is 2.17. The molecule has 0 fully saturated rings. The van der Waals surface area contributed by atoms with Crippen molar-refractivity contribution >= 4 is 11.6 Å². The highest BCUT2D eigenvalue weighted by atomic mass is 35.5. The summed E-state index contributed by atoms with van der Waals surface area (Å²) in [4.78, 5) is 4.22. The Kier molecular flexibility index (Phi) is 3.22. The SMILES string of the molecule is Cn1ncnc1C(CN)c1cccc(Cl)c1. The Morgan fingerprint density at radius 1 is 1.50 bits per heavy atom. The molecule has 16 heavy (non-hydrogen) atoms. The molecule has 2 aromatic rings. The van der Waals surface area contributed by atoms with Crippen molar-refractivity contribution in [3.8, 4) is 0 Å². The van der Waals surface area contributed by atoms with Crippen LogP contribution < -0.4 is 5.73 Å². The van der Waals surface area contributed by atoms with Crippen LogP contribution >= 0.6 is 11.6 Å². The molecule has 1 unspecified atom stereocenters. The number of halogens is 1. The van der Waals surface area contributed by atoms with E-state index in [4.69, 9.17) is 17.3 Å². The van der Waals surface area contributed by atoms with Crippen molar-refractivity contribution in [3.05, 3.63) is 47.0 Å². The summed E-state index contributed by atoms with van der Waals surface area (Å²) < 4.78 is 1.73. The second kappa shape index (κ2) is 4.63. The lowest BCUT2D eigenvalue weighted by Crippen LogP contribution is -2.18. The molecular weight excluding hydrogens is 224 g/mol. The summed E-state index contributed by atoms with van der Waals surface area (Å²) in [6.07, 6.45) is 1.53. The molecule has 1 atom stereocenters. The number of aromatic nitrogens is 3. The second-order valence-corrected chi connectivity index (χ2v) is 4.02. The molecule has 0 saturated carbocycles. The minimum atomic E-state index is 0.0335. The Morgan fingerprint density at radius 2 is 2.31 bits per heavy atom. The van der Waals surface area contributed by atoms with Crippen LogP contribution in [0.3, 0.4) is 0 Å². The summed E-state index contributed by atoms with van der Waals surface area (Å²) in [5.74, 6) is 0.885. The molecular formula is C11H13ClN4. The minimum absolute atomic E-state index is 0.0335. The van der Waals surface area contributed by atoms with E-state index in [-0.39, 0.29) is 5.92 Å². The van der Waals surface area contributed by atoms with Crippen LogP contribution in [0.25, 0.3) is 0 Å². The average molecular weight is 237 g/mol. The predicted molar refractivity (Wildman–Crippen MR) is 63.4 cm³/mol. The average Bonchev–Trinajstić information content (AvgIpc) is 2.67. The molecule has 0 amide bonds. The molecule has 0 aliphatic rings. The molecule has 1 heterocycles. The maximum atomic E-state index is 5.96. The molecule has 5 heteroatoms. The third-order valence-corrected chi connectivity index (χ3v) is 2.78. The Hall–Kier alpha value is -1.39. The molecule has 0 saturated heterocycles. The van der Waals surface area contributed by atoms with Crippen LogP contribution in [0.5, 0.6) is 0 Å². The zero-order chi connectivity index (χ0) is 11.5. The largest absolute Gasteiger partial charge is 0.329 e. The zero-order valence-electron chi connectivity index (χ0n) is 8.97. The van der Waals surface area contributed by atoms with Crippen LogP contribution in [-0.2, 0) is 7.05 Å². The number of aryl methyl sites for hydroxylation is 1. The van der Waals surface area contributed by atoms with E-state index in [9.17, 15) is 0 Å². The Labute approximate surface area is 99.1 Å². The van der Waals surface area contributed by atoms with E-state index >= 15 is 0 Å². The van der Waals surface area contributed by atoms with Crippen molar-refractivity contribution < 1.29 is 0 Å². The number of hydrogen-bond donors (Lipinski definition) is 1. The van der Waals surface area contributed by atoms with Crippen LogP contribution in [0.15, 0.2) is 30.6 Å². The molecule has 0 aliphatic carbocycles. The van der Waals surface area contributed by atoms with Gasteiger partial charge >= 0.3 is 0 Å². The fourth-order valence-corrected chi connectivity index (χ4v) is 1.93. The fraction of sp³-hybridized carbons (Fsp3) is 0.273. The van der Waals surface area contributed by atoms with Gasteiger partial charge in [-0.25, -0.2) is 4.98 Å². The Balaban J connectivity index is 2.40. The summed E-state index contributed by atoms with van der Waals surface area (Å²) in [6.45, 7) is 0.479. The number of hydrogen-bond acceptors (Lipinski definition) is 3. The monoisotopic (exact) mass is 236 g/mol. The normalized spacial score (nSPS) is 12.7. The number of nitrogens with two attached hydrogens (primary N) is 1. The van der Waals surface area contributed by atoms with Gasteiger partial charge in [0, 0.05) is 18.6 Å². The standard InChI is InChI=1S/C11H13ClN4/c1-16-11(14-7-15-16)10(6-13)8-3-2-4-9(12)5-8/h2-5,7,10H,6,13H2,1H3. The van der Waals surface area contributed by atoms with Crippen molar-refractivity contribution in [3.63, 3.8) is 0 Å². The van der Waals surface area contributed by atoms with Crippen LogP contribution in [-0.4, -0.2) is 21.3 Å². The molecule has 2 rings (SSSR count). The van der Waals surface area contributed by atoms with Gasteiger partial charge in [-0.3, -0.25) is 4.68 Å². The first-order valence-electron chi connectivity index (χ1n) is 5.02. The molecule has 0 bridgehead atoms. The van der Waals surface area contributed by atoms with E-state index in [1.807, 2.05) is 31.3 Å². The fourth-order valence-electron chi connectivity index (χ4n) is 1.73. The van der Waals surface area contributed by atoms with Crippen molar-refractivity contribution in [2.45, 2.75) is 5.92 Å². The Bertz CT molecular complexity index is 480. The van der Waals surface area contributed by atoms with Gasteiger partial charge in [-0.2, -0.15) is 5.10 Å².